The second-order valence-corrected chi connectivity index (χ2v) is 16.9. The number of imide groups is 2. The lowest BCUT2D eigenvalue weighted by Crippen LogP contribution is -2.54. The van der Waals surface area contributed by atoms with Crippen LogP contribution in [0.2, 0.25) is 5.02 Å². The minimum absolute atomic E-state index is 0.00200. The number of halogens is 3. The van der Waals surface area contributed by atoms with Crippen molar-refractivity contribution in [2.75, 3.05) is 54.4 Å². The number of likely N-dealkylation sites (tertiary alicyclic amines) is 1. The van der Waals surface area contributed by atoms with E-state index in [4.69, 9.17) is 11.6 Å². The summed E-state index contributed by atoms with van der Waals surface area (Å²) in [6, 6.07) is 11.5. The largest absolute Gasteiger partial charge is 0.369 e. The molecule has 5 aliphatic rings. The fraction of sp³-hybridized carbons (Fsp3) is 0.386. The van der Waals surface area contributed by atoms with Crippen LogP contribution in [-0.4, -0.2) is 106 Å². The zero-order valence-corrected chi connectivity index (χ0v) is 34.8. The molecular formula is C44H42ClF2N11O5. The van der Waals surface area contributed by atoms with Crippen molar-refractivity contribution in [3.63, 3.8) is 0 Å². The highest BCUT2D eigenvalue weighted by Gasteiger charge is 2.45. The second kappa shape index (κ2) is 17.3. The van der Waals surface area contributed by atoms with Crippen molar-refractivity contribution in [3.05, 3.63) is 99.1 Å². The average Bonchev–Trinajstić information content (AvgIpc) is 3.51. The van der Waals surface area contributed by atoms with Gasteiger partial charge >= 0.3 is 0 Å². The second-order valence-electron chi connectivity index (χ2n) is 16.5. The molecule has 19 heteroatoms. The molecule has 5 amide bonds. The van der Waals surface area contributed by atoms with Crippen LogP contribution in [0.15, 0.2) is 48.8 Å². The number of rotatable bonds is 9. The molecule has 3 saturated heterocycles. The molecule has 0 saturated carbocycles. The van der Waals surface area contributed by atoms with Gasteiger partial charge in [-0.1, -0.05) is 11.6 Å². The highest BCUT2D eigenvalue weighted by atomic mass is 35.5. The normalized spacial score (nSPS) is 19.7. The molecule has 1 unspecified atom stereocenters. The van der Waals surface area contributed by atoms with Crippen molar-refractivity contribution in [2.45, 2.75) is 63.6 Å². The van der Waals surface area contributed by atoms with Gasteiger partial charge in [0.05, 0.1) is 45.2 Å². The summed E-state index contributed by atoms with van der Waals surface area (Å²) in [6.45, 7) is 4.56. The monoisotopic (exact) mass is 877 g/mol. The summed E-state index contributed by atoms with van der Waals surface area (Å²) < 4.78 is 30.8. The third-order valence-corrected chi connectivity index (χ3v) is 13.0. The van der Waals surface area contributed by atoms with Crippen molar-refractivity contribution in [1.29, 1.82) is 5.26 Å². The summed E-state index contributed by atoms with van der Waals surface area (Å²) in [6.07, 6.45) is 5.00. The number of amides is 5. The molecule has 3 N–H and O–H groups in total. The Labute approximate surface area is 365 Å². The van der Waals surface area contributed by atoms with E-state index in [0.717, 1.165) is 60.4 Å². The van der Waals surface area contributed by atoms with Crippen LogP contribution in [0, 0.1) is 29.0 Å². The van der Waals surface area contributed by atoms with Crippen molar-refractivity contribution in [2.24, 2.45) is 5.92 Å². The third kappa shape index (κ3) is 8.37. The van der Waals surface area contributed by atoms with Crippen molar-refractivity contribution >= 4 is 64.1 Å². The van der Waals surface area contributed by atoms with Gasteiger partial charge < -0.3 is 25.3 Å². The van der Waals surface area contributed by atoms with Crippen LogP contribution >= 0.6 is 11.6 Å². The van der Waals surface area contributed by atoms with Gasteiger partial charge in [0, 0.05) is 63.0 Å². The summed E-state index contributed by atoms with van der Waals surface area (Å²) in [5.74, 6) is -3.60. The smallest absolute Gasteiger partial charge is 0.262 e. The van der Waals surface area contributed by atoms with Crippen LogP contribution in [0.4, 0.5) is 31.8 Å². The molecule has 4 aromatic rings. The summed E-state index contributed by atoms with van der Waals surface area (Å²) in [5, 5.41) is 17.8. The topological polar surface area (TPSA) is 197 Å². The van der Waals surface area contributed by atoms with E-state index < -0.39 is 47.3 Å². The summed E-state index contributed by atoms with van der Waals surface area (Å²) >= 11 is 6.27. The zero-order valence-electron chi connectivity index (χ0n) is 34.0. The van der Waals surface area contributed by atoms with Crippen molar-refractivity contribution in [3.8, 4) is 6.07 Å². The molecule has 2 aromatic carbocycles. The molecule has 2 aromatic heterocycles. The fourth-order valence-electron chi connectivity index (χ4n) is 9.23. The quantitative estimate of drug-likeness (QED) is 0.157. The zero-order chi connectivity index (χ0) is 43.9. The number of anilines is 4. The lowest BCUT2D eigenvalue weighted by Gasteiger charge is -2.38. The minimum Gasteiger partial charge on any atom is -0.369 e. The number of nitrogens with zero attached hydrogens (tertiary/aromatic N) is 8. The Morgan fingerprint density at radius 2 is 1.65 bits per heavy atom. The molecule has 5 aliphatic heterocycles. The number of hydrogen-bond acceptors (Lipinski definition) is 13. The molecule has 16 nitrogen and oxygen atoms in total. The number of hydrogen-bond donors (Lipinski definition) is 3. The van der Waals surface area contributed by atoms with E-state index >= 15 is 8.78 Å². The van der Waals surface area contributed by atoms with Gasteiger partial charge in [0.15, 0.2) is 0 Å². The summed E-state index contributed by atoms with van der Waals surface area (Å²) in [4.78, 5) is 83.7. The van der Waals surface area contributed by atoms with Crippen LogP contribution in [0.3, 0.4) is 0 Å². The van der Waals surface area contributed by atoms with Crippen LogP contribution in [-0.2, 0) is 22.6 Å². The molecular weight excluding hydrogens is 836 g/mol. The van der Waals surface area contributed by atoms with Crippen LogP contribution in [0.5, 0.6) is 0 Å². The molecule has 63 heavy (non-hydrogen) atoms. The first-order valence-electron chi connectivity index (χ1n) is 21.0. The van der Waals surface area contributed by atoms with E-state index in [1.54, 1.807) is 18.2 Å². The molecule has 9 rings (SSSR count). The Morgan fingerprint density at radius 1 is 0.889 bits per heavy atom. The van der Waals surface area contributed by atoms with Crippen molar-refractivity contribution in [1.82, 2.24) is 35.4 Å². The maximum Gasteiger partial charge on any atom is 0.262 e. The molecule has 1 atom stereocenters. The van der Waals surface area contributed by atoms with E-state index in [1.807, 2.05) is 11.0 Å². The number of piperidine rings is 3. The number of nitrogens with one attached hydrogen (secondary N) is 3. The van der Waals surface area contributed by atoms with Gasteiger partial charge in [-0.15, -0.1) is 0 Å². The summed E-state index contributed by atoms with van der Waals surface area (Å²) in [7, 11) is 0. The number of pyridine rings is 1. The molecule has 3 fully saturated rings. The molecule has 0 aliphatic carbocycles. The Morgan fingerprint density at radius 3 is 2.37 bits per heavy atom. The highest BCUT2D eigenvalue weighted by Crippen LogP contribution is 2.35. The van der Waals surface area contributed by atoms with Crippen molar-refractivity contribution < 1.29 is 32.8 Å². The maximum atomic E-state index is 15.5. The number of benzene rings is 2. The van der Waals surface area contributed by atoms with Crippen LogP contribution < -0.4 is 25.8 Å². The molecule has 0 radical (unpaired) electrons. The lowest BCUT2D eigenvalue weighted by atomic mass is 9.94. The lowest BCUT2D eigenvalue weighted by molar-refractivity contribution is -0.136. The van der Waals surface area contributed by atoms with Gasteiger partial charge in [-0.05, 0) is 86.9 Å². The first-order chi connectivity index (χ1) is 30.4. The van der Waals surface area contributed by atoms with Gasteiger partial charge in [-0.2, -0.15) is 9.65 Å². The summed E-state index contributed by atoms with van der Waals surface area (Å²) in [5.41, 5.74) is 2.98. The Balaban J connectivity index is 0.737. The van der Waals surface area contributed by atoms with Gasteiger partial charge in [-0.3, -0.25) is 34.2 Å². The van der Waals surface area contributed by atoms with E-state index in [2.05, 4.69) is 46.8 Å². The molecule has 7 heterocycles. The molecule has 0 bridgehead atoms. The number of aromatic nitrogens is 3. The first kappa shape index (κ1) is 41.8. The van der Waals surface area contributed by atoms with E-state index in [0.29, 0.717) is 67.8 Å². The van der Waals surface area contributed by atoms with E-state index in [9.17, 15) is 29.2 Å². The maximum absolute atomic E-state index is 15.5. The third-order valence-electron chi connectivity index (χ3n) is 12.7. The number of carbonyl (C=O) groups excluding carboxylic acids is 5. The van der Waals surface area contributed by atoms with E-state index in [-0.39, 0.29) is 47.1 Å². The number of fused-ring (bicyclic) bond motifs is 2. The number of carbonyl (C=O) groups is 5. The van der Waals surface area contributed by atoms with E-state index in [1.165, 1.54) is 18.5 Å². The predicted molar refractivity (Wildman–Crippen MR) is 225 cm³/mol. The van der Waals surface area contributed by atoms with Gasteiger partial charge in [0.25, 0.3) is 17.7 Å². The standard InChI is InChI=1S/C44H42ClF2N11O5/c45-32-17-27(2-1-25(32)20-48)57-16-11-28-34(22-57)49-23-50-40(28)53-37-5-3-29(39(47)52-37)41(60)51-26-9-12-55(13-10-26)21-24-7-14-56(15-8-24)36-19-31-30(18-33(36)46)43(62)58(44(31)63)35-4-6-38(59)54-42(35)61/h1-3,5,17-19,23-24,26,35H,4,6-16,21-22H2,(H,51,60)(H,54,59,61)(H,49,50,52,53). The van der Waals surface area contributed by atoms with Gasteiger partial charge in [0.1, 0.15) is 35.9 Å². The average molecular weight is 878 g/mol. The minimum atomic E-state index is -1.12. The highest BCUT2D eigenvalue weighted by molar-refractivity contribution is 6.32. The number of nitriles is 1. The Bertz CT molecular complexity index is 2590. The van der Waals surface area contributed by atoms with Crippen LogP contribution in [0.25, 0.3) is 0 Å². The first-order valence-corrected chi connectivity index (χ1v) is 21.4. The van der Waals surface area contributed by atoms with Gasteiger partial charge in [0.2, 0.25) is 17.8 Å². The van der Waals surface area contributed by atoms with Gasteiger partial charge in [-0.25, -0.2) is 19.3 Å². The molecule has 0 spiro atoms. The Hall–Kier alpha value is -6.58. The Kier molecular flexibility index (Phi) is 11.5. The fourth-order valence-corrected chi connectivity index (χ4v) is 9.45. The van der Waals surface area contributed by atoms with Crippen LogP contribution in [0.1, 0.15) is 86.4 Å². The SMILES string of the molecule is N#Cc1ccc(N2CCc3c(ncnc3Nc3ccc(C(=O)NC4CCN(CC5CCN(c6cc7c(cc6F)C(=O)N(C6CCC(=O)NC6=O)C7=O)CC5)CC4)c(F)n3)C2)cc1Cl. The predicted octanol–water partition coefficient (Wildman–Crippen LogP) is 4.49. The molecule has 324 valence electrons.